The van der Waals surface area contributed by atoms with Gasteiger partial charge in [-0.25, -0.2) is 13.6 Å². The molecule has 3 aromatic rings. The largest absolute Gasteiger partial charge is 0.493 e. The van der Waals surface area contributed by atoms with Crippen molar-refractivity contribution in [1.82, 2.24) is 15.1 Å². The SMILES string of the molecule is CCOc1cc(C(C)C)ccc1C1=NC(c2ccc(F)cc2)C(c2ccc(F)cc2)N1C(=O)N1CCNC(=O)C1. The Hall–Kier alpha value is -4.27. The number of carbonyl (C=O) groups excluding carboxylic acids is 2. The first-order chi connectivity index (χ1) is 19.3. The van der Waals surface area contributed by atoms with Crippen LogP contribution in [-0.2, 0) is 4.79 Å². The van der Waals surface area contributed by atoms with Crippen molar-refractivity contribution in [2.24, 2.45) is 4.99 Å². The van der Waals surface area contributed by atoms with Crippen LogP contribution in [0.2, 0.25) is 0 Å². The van der Waals surface area contributed by atoms with E-state index in [-0.39, 0.29) is 24.2 Å². The number of piperazine rings is 1. The summed E-state index contributed by atoms with van der Waals surface area (Å²) in [5.41, 5.74) is 3.04. The van der Waals surface area contributed by atoms with E-state index in [1.54, 1.807) is 29.2 Å². The number of rotatable bonds is 6. The van der Waals surface area contributed by atoms with E-state index >= 15 is 0 Å². The van der Waals surface area contributed by atoms with Crippen molar-refractivity contribution in [3.05, 3.63) is 101 Å². The number of ether oxygens (including phenoxy) is 1. The Morgan fingerprint density at radius 2 is 1.68 bits per heavy atom. The maximum atomic E-state index is 14.3. The van der Waals surface area contributed by atoms with Crippen molar-refractivity contribution in [1.29, 1.82) is 0 Å². The van der Waals surface area contributed by atoms with Crippen LogP contribution >= 0.6 is 0 Å². The van der Waals surface area contributed by atoms with E-state index in [2.05, 4.69) is 19.2 Å². The molecule has 0 radical (unpaired) electrons. The molecule has 2 heterocycles. The summed E-state index contributed by atoms with van der Waals surface area (Å²) in [7, 11) is 0. The predicted octanol–water partition coefficient (Wildman–Crippen LogP) is 5.58. The molecule has 208 valence electrons. The van der Waals surface area contributed by atoms with Gasteiger partial charge in [-0.1, -0.05) is 44.2 Å². The van der Waals surface area contributed by atoms with Gasteiger partial charge in [-0.15, -0.1) is 0 Å². The maximum Gasteiger partial charge on any atom is 0.326 e. The highest BCUT2D eigenvalue weighted by Crippen LogP contribution is 2.45. The maximum absolute atomic E-state index is 14.3. The van der Waals surface area contributed by atoms with Crippen LogP contribution < -0.4 is 10.1 Å². The number of amides is 3. The fourth-order valence-corrected chi connectivity index (χ4v) is 5.17. The van der Waals surface area contributed by atoms with Crippen LogP contribution in [0.25, 0.3) is 0 Å². The molecular formula is C31H32F2N4O3. The number of hydrogen-bond donors (Lipinski definition) is 1. The number of halogens is 2. The molecule has 2 aliphatic rings. The third kappa shape index (κ3) is 5.41. The Kier molecular flexibility index (Phi) is 7.82. The molecule has 1 fully saturated rings. The molecule has 1 saturated heterocycles. The van der Waals surface area contributed by atoms with Gasteiger partial charge >= 0.3 is 6.03 Å². The van der Waals surface area contributed by atoms with Gasteiger partial charge < -0.3 is 15.0 Å². The topological polar surface area (TPSA) is 74.2 Å². The van der Waals surface area contributed by atoms with Crippen LogP contribution in [0.3, 0.4) is 0 Å². The lowest BCUT2D eigenvalue weighted by atomic mass is 9.93. The van der Waals surface area contributed by atoms with Crippen LogP contribution in [0.5, 0.6) is 5.75 Å². The number of urea groups is 1. The Morgan fingerprint density at radius 3 is 2.27 bits per heavy atom. The van der Waals surface area contributed by atoms with Gasteiger partial charge in [0.25, 0.3) is 0 Å². The Balaban J connectivity index is 1.70. The van der Waals surface area contributed by atoms with Gasteiger partial charge in [0, 0.05) is 13.1 Å². The Labute approximate surface area is 232 Å². The first kappa shape index (κ1) is 27.3. The second-order valence-electron chi connectivity index (χ2n) is 10.2. The number of hydrogen-bond acceptors (Lipinski definition) is 4. The molecule has 9 heteroatoms. The van der Waals surface area contributed by atoms with Crippen molar-refractivity contribution in [2.45, 2.75) is 38.8 Å². The molecule has 0 saturated carbocycles. The summed E-state index contributed by atoms with van der Waals surface area (Å²) in [4.78, 5) is 34.6. The minimum absolute atomic E-state index is 0.0927. The molecule has 7 nitrogen and oxygen atoms in total. The molecule has 0 aliphatic carbocycles. The quantitative estimate of drug-likeness (QED) is 0.439. The summed E-state index contributed by atoms with van der Waals surface area (Å²) in [6, 6.07) is 16.1. The van der Waals surface area contributed by atoms with Gasteiger partial charge in [-0.05, 0) is 65.9 Å². The van der Waals surface area contributed by atoms with Gasteiger partial charge in [0.1, 0.15) is 35.8 Å². The number of benzene rings is 3. The number of nitrogens with zero attached hydrogens (tertiary/aromatic N) is 3. The molecule has 2 unspecified atom stereocenters. The van der Waals surface area contributed by atoms with Crippen LogP contribution in [0, 0.1) is 11.6 Å². The Bertz CT molecular complexity index is 1420. The summed E-state index contributed by atoms with van der Waals surface area (Å²) >= 11 is 0. The molecule has 0 bridgehead atoms. The third-order valence-corrected chi connectivity index (χ3v) is 7.22. The molecular weight excluding hydrogens is 514 g/mol. The van der Waals surface area contributed by atoms with Crippen molar-refractivity contribution >= 4 is 17.8 Å². The van der Waals surface area contributed by atoms with Gasteiger partial charge in [0.05, 0.1) is 18.2 Å². The van der Waals surface area contributed by atoms with Gasteiger partial charge in [0.2, 0.25) is 5.91 Å². The number of aliphatic imine (C=N–C) groups is 1. The number of nitrogens with one attached hydrogen (secondary N) is 1. The zero-order chi connectivity index (χ0) is 28.4. The first-order valence-corrected chi connectivity index (χ1v) is 13.5. The van der Waals surface area contributed by atoms with Crippen molar-refractivity contribution in [3.8, 4) is 5.75 Å². The van der Waals surface area contributed by atoms with E-state index in [1.807, 2.05) is 25.1 Å². The lowest BCUT2D eigenvalue weighted by molar-refractivity contribution is -0.123. The van der Waals surface area contributed by atoms with E-state index in [0.29, 0.717) is 48.0 Å². The fraction of sp³-hybridized carbons (Fsp3) is 0.323. The van der Waals surface area contributed by atoms with Crippen molar-refractivity contribution < 1.29 is 23.1 Å². The monoisotopic (exact) mass is 546 g/mol. The standard InChI is InChI=1S/C31H32F2N4O3/c1-4-40-26-17-22(19(2)3)9-14-25(26)30-35-28(20-5-10-23(32)11-6-20)29(21-7-12-24(33)13-8-21)37(30)31(39)36-16-15-34-27(38)18-36/h5-14,17,19,28-29H,4,15-16,18H2,1-3H3,(H,34,38). The summed E-state index contributed by atoms with van der Waals surface area (Å²) in [6.07, 6.45) is 0. The summed E-state index contributed by atoms with van der Waals surface area (Å²) in [5.74, 6) is 0.163. The second-order valence-corrected chi connectivity index (χ2v) is 10.2. The van der Waals surface area contributed by atoms with Crippen LogP contribution in [0.15, 0.2) is 71.7 Å². The molecule has 3 aromatic carbocycles. The molecule has 1 N–H and O–H groups in total. The highest BCUT2D eigenvalue weighted by molar-refractivity contribution is 6.11. The van der Waals surface area contributed by atoms with Crippen LogP contribution in [-0.4, -0.2) is 53.8 Å². The second kappa shape index (κ2) is 11.5. The molecule has 0 aromatic heterocycles. The van der Waals surface area contributed by atoms with Crippen molar-refractivity contribution in [2.75, 3.05) is 26.2 Å². The van der Waals surface area contributed by atoms with E-state index in [1.165, 1.54) is 29.2 Å². The minimum Gasteiger partial charge on any atom is -0.493 e. The molecule has 5 rings (SSSR count). The summed E-state index contributed by atoms with van der Waals surface area (Å²) in [5, 5.41) is 2.75. The zero-order valence-electron chi connectivity index (χ0n) is 22.7. The average Bonchev–Trinajstić information content (AvgIpc) is 3.34. The third-order valence-electron chi connectivity index (χ3n) is 7.22. The van der Waals surface area contributed by atoms with Gasteiger partial charge in [-0.2, -0.15) is 0 Å². The first-order valence-electron chi connectivity index (χ1n) is 13.5. The van der Waals surface area contributed by atoms with Crippen molar-refractivity contribution in [3.63, 3.8) is 0 Å². The summed E-state index contributed by atoms with van der Waals surface area (Å²) in [6.45, 7) is 7.04. The molecule has 40 heavy (non-hydrogen) atoms. The highest BCUT2D eigenvalue weighted by atomic mass is 19.1. The van der Waals surface area contributed by atoms with Crippen LogP contribution in [0.4, 0.5) is 13.6 Å². The molecule has 0 spiro atoms. The molecule has 2 aliphatic heterocycles. The summed E-state index contributed by atoms with van der Waals surface area (Å²) < 4.78 is 33.9. The number of amidine groups is 1. The van der Waals surface area contributed by atoms with Gasteiger partial charge in [-0.3, -0.25) is 14.7 Å². The highest BCUT2D eigenvalue weighted by Gasteiger charge is 2.45. The van der Waals surface area contributed by atoms with Gasteiger partial charge in [0.15, 0.2) is 0 Å². The Morgan fingerprint density at radius 1 is 1.02 bits per heavy atom. The van der Waals surface area contributed by atoms with E-state index in [4.69, 9.17) is 9.73 Å². The molecule has 3 amide bonds. The predicted molar refractivity (Wildman–Crippen MR) is 148 cm³/mol. The van der Waals surface area contributed by atoms with E-state index < -0.39 is 23.9 Å². The van der Waals surface area contributed by atoms with E-state index in [0.717, 1.165) is 5.56 Å². The lowest BCUT2D eigenvalue weighted by Gasteiger charge is -2.35. The van der Waals surface area contributed by atoms with Crippen LogP contribution in [0.1, 0.15) is 61.0 Å². The fourth-order valence-electron chi connectivity index (χ4n) is 5.17. The normalized spacial score (nSPS) is 19.1. The average molecular weight is 547 g/mol. The lowest BCUT2D eigenvalue weighted by Crippen LogP contribution is -2.55. The molecule has 2 atom stereocenters. The zero-order valence-corrected chi connectivity index (χ0v) is 22.7. The smallest absolute Gasteiger partial charge is 0.326 e. The minimum atomic E-state index is -0.683. The van der Waals surface area contributed by atoms with E-state index in [9.17, 15) is 18.4 Å². The number of carbonyl (C=O) groups is 2.